The van der Waals surface area contributed by atoms with E-state index >= 15 is 0 Å². The predicted molar refractivity (Wildman–Crippen MR) is 75.3 cm³/mol. The summed E-state index contributed by atoms with van der Waals surface area (Å²) in [5.41, 5.74) is 3.41. The van der Waals surface area contributed by atoms with Crippen molar-refractivity contribution in [3.8, 4) is 0 Å². The van der Waals surface area contributed by atoms with Crippen LogP contribution < -0.4 is 5.69 Å². The van der Waals surface area contributed by atoms with Gasteiger partial charge in [0, 0.05) is 18.7 Å². The maximum absolute atomic E-state index is 11.5. The number of benzene rings is 1. The normalized spacial score (nSPS) is 13.0. The third kappa shape index (κ3) is 3.38. The first-order valence-corrected chi connectivity index (χ1v) is 6.33. The zero-order valence-electron chi connectivity index (χ0n) is 11.1. The van der Waals surface area contributed by atoms with E-state index in [-0.39, 0.29) is 5.69 Å². The Balaban J connectivity index is 0.000000177. The van der Waals surface area contributed by atoms with E-state index < -0.39 is 11.9 Å². The van der Waals surface area contributed by atoms with Crippen molar-refractivity contribution < 1.29 is 19.8 Å². The van der Waals surface area contributed by atoms with Crippen LogP contribution in [0.1, 0.15) is 12.0 Å². The maximum Gasteiger partial charge on any atom is 0.328 e. The van der Waals surface area contributed by atoms with Gasteiger partial charge in [0.1, 0.15) is 0 Å². The molecular formula is C14H14N2O5. The fourth-order valence-electron chi connectivity index (χ4n) is 2.28. The van der Waals surface area contributed by atoms with Crippen molar-refractivity contribution in [1.82, 2.24) is 9.55 Å². The van der Waals surface area contributed by atoms with E-state index in [0.717, 1.165) is 30.4 Å². The Labute approximate surface area is 119 Å². The molecule has 0 unspecified atom stereocenters. The van der Waals surface area contributed by atoms with Crippen molar-refractivity contribution in [2.75, 3.05) is 0 Å². The van der Waals surface area contributed by atoms with E-state index in [4.69, 9.17) is 10.2 Å². The molecule has 3 rings (SSSR count). The van der Waals surface area contributed by atoms with Crippen molar-refractivity contribution in [1.29, 1.82) is 0 Å². The molecule has 110 valence electrons. The lowest BCUT2D eigenvalue weighted by Gasteiger charge is -2.12. The van der Waals surface area contributed by atoms with E-state index in [1.165, 1.54) is 5.56 Å². The van der Waals surface area contributed by atoms with Gasteiger partial charge in [-0.2, -0.15) is 0 Å². The molecule has 0 saturated heterocycles. The Morgan fingerprint density at radius 1 is 1.19 bits per heavy atom. The van der Waals surface area contributed by atoms with Gasteiger partial charge in [0.25, 0.3) is 0 Å². The summed E-state index contributed by atoms with van der Waals surface area (Å²) in [6, 6.07) is 6.07. The van der Waals surface area contributed by atoms with Crippen molar-refractivity contribution in [2.45, 2.75) is 19.4 Å². The van der Waals surface area contributed by atoms with Gasteiger partial charge in [-0.25, -0.2) is 14.4 Å². The number of nitrogens with zero attached hydrogens (tertiary/aromatic N) is 1. The zero-order valence-corrected chi connectivity index (χ0v) is 11.1. The van der Waals surface area contributed by atoms with Crippen molar-refractivity contribution in [3.05, 3.63) is 46.4 Å². The van der Waals surface area contributed by atoms with Crippen molar-refractivity contribution >= 4 is 23.0 Å². The molecule has 1 aromatic carbocycles. The number of hydrogen-bond acceptors (Lipinski definition) is 3. The number of para-hydroxylation sites is 1. The predicted octanol–water partition coefficient (Wildman–Crippen LogP) is 0.988. The van der Waals surface area contributed by atoms with Crippen LogP contribution in [-0.2, 0) is 22.6 Å². The molecule has 1 aromatic heterocycles. The van der Waals surface area contributed by atoms with Crippen LogP contribution in [0.2, 0.25) is 0 Å². The van der Waals surface area contributed by atoms with Crippen LogP contribution in [0.4, 0.5) is 0 Å². The molecule has 0 radical (unpaired) electrons. The lowest BCUT2D eigenvalue weighted by atomic mass is 10.1. The smallest absolute Gasteiger partial charge is 0.328 e. The molecular weight excluding hydrogens is 276 g/mol. The average Bonchev–Trinajstić information content (AvgIpc) is 2.77. The molecule has 7 nitrogen and oxygen atoms in total. The number of aliphatic carboxylic acids is 2. The third-order valence-corrected chi connectivity index (χ3v) is 3.07. The highest BCUT2D eigenvalue weighted by Gasteiger charge is 2.14. The number of rotatable bonds is 2. The lowest BCUT2D eigenvalue weighted by molar-refractivity contribution is -0.134. The van der Waals surface area contributed by atoms with Gasteiger partial charge < -0.3 is 15.2 Å². The summed E-state index contributed by atoms with van der Waals surface area (Å²) in [5.74, 6) is -2.51. The molecule has 3 N–H and O–H groups in total. The monoisotopic (exact) mass is 290 g/mol. The number of aromatic amines is 1. The van der Waals surface area contributed by atoms with Crippen molar-refractivity contribution in [2.24, 2.45) is 0 Å². The summed E-state index contributed by atoms with van der Waals surface area (Å²) in [4.78, 5) is 33.4. The van der Waals surface area contributed by atoms with E-state index in [0.29, 0.717) is 12.2 Å². The Morgan fingerprint density at radius 2 is 1.86 bits per heavy atom. The van der Waals surface area contributed by atoms with Crippen molar-refractivity contribution in [3.63, 3.8) is 0 Å². The minimum Gasteiger partial charge on any atom is -0.478 e. The molecule has 21 heavy (non-hydrogen) atoms. The van der Waals surface area contributed by atoms with Crippen LogP contribution >= 0.6 is 0 Å². The first kappa shape index (κ1) is 14.6. The lowest BCUT2D eigenvalue weighted by Crippen LogP contribution is -2.19. The number of aromatic nitrogens is 2. The Morgan fingerprint density at radius 3 is 2.48 bits per heavy atom. The van der Waals surface area contributed by atoms with Gasteiger partial charge in [0.05, 0.1) is 11.0 Å². The summed E-state index contributed by atoms with van der Waals surface area (Å²) in [5, 5.41) is 15.6. The first-order valence-electron chi connectivity index (χ1n) is 6.33. The molecule has 1 aliphatic rings. The number of aryl methyl sites for hydroxylation is 2. The van der Waals surface area contributed by atoms with Gasteiger partial charge in [-0.1, -0.05) is 12.1 Å². The van der Waals surface area contributed by atoms with Gasteiger partial charge >= 0.3 is 17.6 Å². The van der Waals surface area contributed by atoms with E-state index in [2.05, 4.69) is 11.1 Å². The molecule has 0 aliphatic carbocycles. The third-order valence-electron chi connectivity index (χ3n) is 3.07. The second kappa shape index (κ2) is 6.08. The highest BCUT2D eigenvalue weighted by atomic mass is 16.4. The maximum atomic E-state index is 11.5. The molecule has 7 heteroatoms. The van der Waals surface area contributed by atoms with Crippen LogP contribution in [0.3, 0.4) is 0 Å². The van der Waals surface area contributed by atoms with Gasteiger partial charge in [-0.05, 0) is 24.5 Å². The fourth-order valence-corrected chi connectivity index (χ4v) is 2.28. The zero-order chi connectivity index (χ0) is 15.4. The molecule has 2 aromatic rings. The number of carboxylic acids is 2. The first-order chi connectivity index (χ1) is 9.99. The minimum absolute atomic E-state index is 0.0298. The van der Waals surface area contributed by atoms with Crippen LogP contribution in [0.15, 0.2) is 35.1 Å². The Kier molecular flexibility index (Phi) is 4.22. The molecule has 0 spiro atoms. The van der Waals surface area contributed by atoms with Gasteiger partial charge in [-0.3, -0.25) is 4.57 Å². The second-order valence-electron chi connectivity index (χ2n) is 4.51. The highest BCUT2D eigenvalue weighted by Crippen LogP contribution is 2.21. The summed E-state index contributed by atoms with van der Waals surface area (Å²) >= 11 is 0. The van der Waals surface area contributed by atoms with Gasteiger partial charge in [-0.15, -0.1) is 0 Å². The quantitative estimate of drug-likeness (QED) is 0.714. The molecule has 1 aliphatic heterocycles. The van der Waals surface area contributed by atoms with E-state index in [1.807, 2.05) is 16.7 Å². The number of carbonyl (C=O) groups is 2. The van der Waals surface area contributed by atoms with E-state index in [1.54, 1.807) is 0 Å². The number of H-pyrrole nitrogens is 1. The number of carboxylic acid groups (broad SMARTS) is 2. The van der Waals surface area contributed by atoms with Crippen LogP contribution in [0, 0.1) is 0 Å². The second-order valence-corrected chi connectivity index (χ2v) is 4.51. The minimum atomic E-state index is -1.26. The van der Waals surface area contributed by atoms with Crippen LogP contribution in [0.25, 0.3) is 11.0 Å². The van der Waals surface area contributed by atoms with E-state index in [9.17, 15) is 14.4 Å². The fraction of sp³-hybridized carbons (Fsp3) is 0.214. The van der Waals surface area contributed by atoms with Gasteiger partial charge in [0.2, 0.25) is 0 Å². The number of hydrogen-bond donors (Lipinski definition) is 3. The molecule has 0 saturated carbocycles. The van der Waals surface area contributed by atoms with Crippen LogP contribution in [-0.4, -0.2) is 31.7 Å². The highest BCUT2D eigenvalue weighted by molar-refractivity contribution is 5.89. The topological polar surface area (TPSA) is 112 Å². The molecule has 0 atom stereocenters. The molecule has 0 fully saturated rings. The summed E-state index contributed by atoms with van der Waals surface area (Å²) in [6.45, 7) is 0.857. The summed E-state index contributed by atoms with van der Waals surface area (Å²) in [6.07, 6.45) is 3.28. The summed E-state index contributed by atoms with van der Waals surface area (Å²) in [7, 11) is 0. The molecule has 0 amide bonds. The molecule has 0 bridgehead atoms. The Hall–Kier alpha value is -2.83. The standard InChI is InChI=1S/C10H10N2O.C4H4O4/c13-10-11-8-5-1-3-7-4-2-6-12(10)9(7)8;5-3(6)1-2-4(7)8/h1,3,5H,2,4,6H2,(H,11,13);1-2H,(H,5,6)(H,7,8)/b;2-1-. The SMILES string of the molecule is O=C(O)/C=C\C(=O)O.O=c1[nH]c2cccc3c2n1CCC3. The molecule has 2 heterocycles. The average molecular weight is 290 g/mol. The summed E-state index contributed by atoms with van der Waals surface area (Å²) < 4.78 is 1.84. The Bertz CT molecular complexity index is 753. The largest absolute Gasteiger partial charge is 0.478 e. The number of nitrogens with one attached hydrogen (secondary N) is 1. The van der Waals surface area contributed by atoms with Gasteiger partial charge in [0.15, 0.2) is 0 Å². The van der Waals surface area contributed by atoms with Crippen LogP contribution in [0.5, 0.6) is 0 Å². The number of imidazole rings is 1.